The lowest BCUT2D eigenvalue weighted by Crippen LogP contribution is -2.64. The third-order valence-electron chi connectivity index (χ3n) is 4.61. The monoisotopic (exact) mass is 289 g/mol. The van der Waals surface area contributed by atoms with Crippen molar-refractivity contribution in [1.29, 1.82) is 0 Å². The van der Waals surface area contributed by atoms with Crippen LogP contribution in [-0.2, 0) is 6.54 Å². The van der Waals surface area contributed by atoms with Crippen LogP contribution in [0.5, 0.6) is 0 Å². The number of aryl methyl sites for hydroxylation is 1. The fourth-order valence-corrected chi connectivity index (χ4v) is 3.03. The first-order chi connectivity index (χ1) is 9.99. The van der Waals surface area contributed by atoms with Crippen LogP contribution in [0.15, 0.2) is 29.1 Å². The van der Waals surface area contributed by atoms with Crippen LogP contribution < -0.4 is 5.69 Å². The normalized spacial score (nSPS) is 18.3. The zero-order valence-corrected chi connectivity index (χ0v) is 12.7. The van der Waals surface area contributed by atoms with Gasteiger partial charge in [-0.25, -0.2) is 4.79 Å². The number of aromatic nitrogens is 2. The molecule has 1 aliphatic rings. The fourth-order valence-electron chi connectivity index (χ4n) is 3.03. The van der Waals surface area contributed by atoms with Crippen molar-refractivity contribution < 1.29 is 5.11 Å². The van der Waals surface area contributed by atoms with Gasteiger partial charge in [-0.2, -0.15) is 0 Å². The molecule has 0 atom stereocenters. The standard InChI is InChI=1S/C16H23N3O2/c1-12(2)16(21)10-18(11-16)8-5-9-19-14-7-4-3-6-13(14)17-15(19)20/h3-4,6-7,12,21H,5,8-11H2,1-2H3,(H,17,20). The molecule has 21 heavy (non-hydrogen) atoms. The third-order valence-corrected chi connectivity index (χ3v) is 4.61. The third kappa shape index (κ3) is 2.63. The van der Waals surface area contributed by atoms with Gasteiger partial charge in [-0.1, -0.05) is 26.0 Å². The average Bonchev–Trinajstić information content (AvgIpc) is 2.72. The molecule has 0 aliphatic carbocycles. The highest BCUT2D eigenvalue weighted by molar-refractivity contribution is 5.74. The van der Waals surface area contributed by atoms with E-state index in [2.05, 4.69) is 23.7 Å². The van der Waals surface area contributed by atoms with Crippen molar-refractivity contribution in [2.75, 3.05) is 19.6 Å². The number of aromatic amines is 1. The zero-order chi connectivity index (χ0) is 15.0. The fraction of sp³-hybridized carbons (Fsp3) is 0.562. The van der Waals surface area contributed by atoms with E-state index >= 15 is 0 Å². The van der Waals surface area contributed by atoms with Crippen molar-refractivity contribution in [3.05, 3.63) is 34.7 Å². The van der Waals surface area contributed by atoms with E-state index in [1.54, 1.807) is 4.57 Å². The molecule has 0 saturated carbocycles. The molecule has 1 fully saturated rings. The highest BCUT2D eigenvalue weighted by Crippen LogP contribution is 2.28. The maximum atomic E-state index is 11.9. The van der Waals surface area contributed by atoms with Gasteiger partial charge in [0.25, 0.3) is 0 Å². The molecule has 1 saturated heterocycles. The van der Waals surface area contributed by atoms with Gasteiger partial charge in [0.15, 0.2) is 0 Å². The number of β-amino-alcohol motifs (C(OH)–C–C–N with tert-alkyl or cyclic N) is 1. The SMILES string of the molecule is CC(C)C1(O)CN(CCCn2c(=O)[nH]c3ccccc32)C1. The maximum Gasteiger partial charge on any atom is 0.326 e. The van der Waals surface area contributed by atoms with Crippen LogP contribution >= 0.6 is 0 Å². The van der Waals surface area contributed by atoms with E-state index in [0.29, 0.717) is 12.5 Å². The summed E-state index contributed by atoms with van der Waals surface area (Å²) < 4.78 is 1.80. The van der Waals surface area contributed by atoms with Crippen LogP contribution in [0.1, 0.15) is 20.3 Å². The van der Waals surface area contributed by atoms with Crippen molar-refractivity contribution in [3.8, 4) is 0 Å². The van der Waals surface area contributed by atoms with Crippen LogP contribution in [-0.4, -0.2) is 44.8 Å². The Hall–Kier alpha value is -1.59. The number of likely N-dealkylation sites (tertiary alicyclic amines) is 1. The Kier molecular flexibility index (Phi) is 3.63. The summed E-state index contributed by atoms with van der Waals surface area (Å²) in [7, 11) is 0. The van der Waals surface area contributed by atoms with Crippen molar-refractivity contribution >= 4 is 11.0 Å². The summed E-state index contributed by atoms with van der Waals surface area (Å²) in [4.78, 5) is 17.1. The van der Waals surface area contributed by atoms with Crippen LogP contribution in [0.2, 0.25) is 0 Å². The number of hydrogen-bond acceptors (Lipinski definition) is 3. The van der Waals surface area contributed by atoms with E-state index in [-0.39, 0.29) is 5.69 Å². The summed E-state index contributed by atoms with van der Waals surface area (Å²) in [6.07, 6.45) is 0.913. The van der Waals surface area contributed by atoms with Gasteiger partial charge in [0.05, 0.1) is 16.6 Å². The number of para-hydroxylation sites is 2. The Morgan fingerprint density at radius 2 is 2.00 bits per heavy atom. The molecule has 1 aromatic carbocycles. The van der Waals surface area contributed by atoms with Crippen molar-refractivity contribution in [2.45, 2.75) is 32.4 Å². The summed E-state index contributed by atoms with van der Waals surface area (Å²) in [5, 5.41) is 10.2. The van der Waals surface area contributed by atoms with E-state index in [1.807, 2.05) is 24.3 Å². The smallest absolute Gasteiger partial charge is 0.326 e. The predicted molar refractivity (Wildman–Crippen MR) is 83.4 cm³/mol. The number of imidazole rings is 1. The Balaban J connectivity index is 1.57. The van der Waals surface area contributed by atoms with Crippen molar-refractivity contribution in [3.63, 3.8) is 0 Å². The highest BCUT2D eigenvalue weighted by atomic mass is 16.3. The molecule has 2 aromatic rings. The van der Waals surface area contributed by atoms with E-state index in [9.17, 15) is 9.90 Å². The second kappa shape index (κ2) is 5.31. The molecule has 5 nitrogen and oxygen atoms in total. The van der Waals surface area contributed by atoms with Crippen LogP contribution in [0.4, 0.5) is 0 Å². The van der Waals surface area contributed by atoms with E-state index in [1.165, 1.54) is 0 Å². The molecule has 0 spiro atoms. The minimum absolute atomic E-state index is 0.0431. The minimum Gasteiger partial charge on any atom is -0.387 e. The second-order valence-corrected chi connectivity index (χ2v) is 6.42. The Bertz CT molecular complexity index is 680. The number of fused-ring (bicyclic) bond motifs is 1. The quantitative estimate of drug-likeness (QED) is 0.875. The number of nitrogens with zero attached hydrogens (tertiary/aromatic N) is 2. The molecule has 2 heterocycles. The molecular formula is C16H23N3O2. The summed E-state index contributed by atoms with van der Waals surface area (Å²) in [6, 6.07) is 7.76. The Morgan fingerprint density at radius 3 is 2.71 bits per heavy atom. The Labute approximate surface area is 124 Å². The number of nitrogens with one attached hydrogen (secondary N) is 1. The maximum absolute atomic E-state index is 11.9. The first kappa shape index (κ1) is 14.4. The van der Waals surface area contributed by atoms with Gasteiger partial charge in [-0.15, -0.1) is 0 Å². The molecule has 0 amide bonds. The van der Waals surface area contributed by atoms with E-state index < -0.39 is 5.60 Å². The van der Waals surface area contributed by atoms with Gasteiger partial charge in [0, 0.05) is 26.2 Å². The van der Waals surface area contributed by atoms with Gasteiger partial charge in [-0.05, 0) is 24.5 Å². The molecule has 5 heteroatoms. The number of hydrogen-bond donors (Lipinski definition) is 2. The lowest BCUT2D eigenvalue weighted by molar-refractivity contribution is -0.127. The Morgan fingerprint density at radius 1 is 1.29 bits per heavy atom. The van der Waals surface area contributed by atoms with Gasteiger partial charge in [-0.3, -0.25) is 9.47 Å². The lowest BCUT2D eigenvalue weighted by Gasteiger charge is -2.49. The molecule has 2 N–H and O–H groups in total. The van der Waals surface area contributed by atoms with Crippen LogP contribution in [0.3, 0.4) is 0 Å². The molecule has 0 unspecified atom stereocenters. The summed E-state index contributed by atoms with van der Waals surface area (Å²) in [6.45, 7) is 7.23. The molecule has 114 valence electrons. The number of benzene rings is 1. The van der Waals surface area contributed by atoms with Gasteiger partial charge >= 0.3 is 5.69 Å². The molecule has 1 aromatic heterocycles. The molecule has 1 aliphatic heterocycles. The lowest BCUT2D eigenvalue weighted by atomic mass is 9.83. The van der Waals surface area contributed by atoms with Crippen molar-refractivity contribution in [2.24, 2.45) is 5.92 Å². The second-order valence-electron chi connectivity index (χ2n) is 6.42. The summed E-state index contributed by atoms with van der Waals surface area (Å²) in [5.74, 6) is 0.296. The largest absolute Gasteiger partial charge is 0.387 e. The molecular weight excluding hydrogens is 266 g/mol. The van der Waals surface area contributed by atoms with E-state index in [0.717, 1.165) is 37.1 Å². The van der Waals surface area contributed by atoms with E-state index in [4.69, 9.17) is 0 Å². The molecule has 0 bridgehead atoms. The zero-order valence-electron chi connectivity index (χ0n) is 12.7. The van der Waals surface area contributed by atoms with Crippen LogP contribution in [0, 0.1) is 5.92 Å². The summed E-state index contributed by atoms with van der Waals surface area (Å²) >= 11 is 0. The van der Waals surface area contributed by atoms with Crippen LogP contribution in [0.25, 0.3) is 11.0 Å². The average molecular weight is 289 g/mol. The first-order valence-corrected chi connectivity index (χ1v) is 7.62. The highest BCUT2D eigenvalue weighted by Gasteiger charge is 2.42. The summed E-state index contributed by atoms with van der Waals surface area (Å²) in [5.41, 5.74) is 1.29. The molecule has 0 radical (unpaired) electrons. The number of rotatable bonds is 5. The number of aliphatic hydroxyl groups is 1. The topological polar surface area (TPSA) is 61.3 Å². The van der Waals surface area contributed by atoms with Crippen molar-refractivity contribution in [1.82, 2.24) is 14.5 Å². The van der Waals surface area contributed by atoms with Gasteiger partial charge in [0.1, 0.15) is 0 Å². The molecule has 3 rings (SSSR count). The first-order valence-electron chi connectivity index (χ1n) is 7.62. The van der Waals surface area contributed by atoms with Gasteiger partial charge in [0.2, 0.25) is 0 Å². The minimum atomic E-state index is -0.516. The van der Waals surface area contributed by atoms with Gasteiger partial charge < -0.3 is 10.1 Å². The predicted octanol–water partition coefficient (Wildman–Crippen LogP) is 1.42. The number of H-pyrrole nitrogens is 1.